The summed E-state index contributed by atoms with van der Waals surface area (Å²) in [6.45, 7) is 0.628. The molecule has 12 heteroatoms. The zero-order valence-electron chi connectivity index (χ0n) is 17.9. The third-order valence-corrected chi connectivity index (χ3v) is 5.46. The maximum absolute atomic E-state index is 12.7. The molecule has 0 spiro atoms. The van der Waals surface area contributed by atoms with E-state index in [1.165, 1.54) is 27.5 Å². The number of nitrogens with zero attached hydrogens (tertiary/aromatic N) is 4. The van der Waals surface area contributed by atoms with Crippen molar-refractivity contribution in [3.63, 3.8) is 0 Å². The first kappa shape index (κ1) is 23.1. The molecule has 1 aromatic heterocycles. The molecule has 0 unspecified atom stereocenters. The Bertz CT molecular complexity index is 998. The Morgan fingerprint density at radius 2 is 1.84 bits per heavy atom. The molecule has 32 heavy (non-hydrogen) atoms. The van der Waals surface area contributed by atoms with Crippen LogP contribution in [-0.2, 0) is 16.1 Å². The zero-order chi connectivity index (χ0) is 23.1. The van der Waals surface area contributed by atoms with Crippen molar-refractivity contribution in [2.24, 2.45) is 0 Å². The summed E-state index contributed by atoms with van der Waals surface area (Å²) < 4.78 is 17.5. The highest BCUT2D eigenvalue weighted by molar-refractivity contribution is 8.18. The van der Waals surface area contributed by atoms with Gasteiger partial charge in [0.25, 0.3) is 11.1 Å². The van der Waals surface area contributed by atoms with Gasteiger partial charge in [0.2, 0.25) is 11.7 Å². The fourth-order valence-corrected chi connectivity index (χ4v) is 3.86. The number of methoxy groups -OCH3 is 3. The third-order valence-electron chi connectivity index (χ3n) is 4.56. The lowest BCUT2D eigenvalue weighted by Crippen LogP contribution is -2.37. The topological polar surface area (TPSA) is 125 Å². The van der Waals surface area contributed by atoms with Crippen LogP contribution in [0.2, 0.25) is 0 Å². The average Bonchev–Trinajstić information content (AvgIpc) is 3.40. The number of hydrogen-bond donors (Lipinski definition) is 1. The van der Waals surface area contributed by atoms with Crippen molar-refractivity contribution in [1.82, 2.24) is 25.2 Å². The smallest absolute Gasteiger partial charge is 0.293 e. The van der Waals surface area contributed by atoms with Crippen LogP contribution in [-0.4, -0.2) is 71.4 Å². The predicted octanol–water partition coefficient (Wildman–Crippen LogP) is 1.55. The van der Waals surface area contributed by atoms with Crippen LogP contribution in [0.4, 0.5) is 4.79 Å². The van der Waals surface area contributed by atoms with Gasteiger partial charge in [-0.25, -0.2) is 0 Å². The van der Waals surface area contributed by atoms with Gasteiger partial charge in [-0.15, -0.1) is 5.10 Å². The number of thioether (sulfide) groups is 1. The lowest BCUT2D eigenvalue weighted by atomic mass is 10.1. The molecule has 0 aliphatic carbocycles. The molecule has 2 heterocycles. The summed E-state index contributed by atoms with van der Waals surface area (Å²) in [5.41, 5.74) is 0.617. The Hall–Kier alpha value is -3.54. The minimum absolute atomic E-state index is 0.0757. The Balaban J connectivity index is 1.60. The standard InChI is InChI=1S/C20H23N5O6S/c1-29-14-10-13(11-15(30-2)18(14)31-3)12-16-19(27)25(20(28)32-16)9-5-21-17(26)4-7-24-8-6-22-23-24/h6,8,10-12H,4-5,7,9H2,1-3H3,(H,21,26)/b16-12+. The fraction of sp³-hybridized carbons (Fsp3) is 0.350. The predicted molar refractivity (Wildman–Crippen MR) is 116 cm³/mol. The number of aryl methyl sites for hydroxylation is 1. The normalized spacial score (nSPS) is 14.7. The van der Waals surface area contributed by atoms with Crippen molar-refractivity contribution in [2.45, 2.75) is 13.0 Å². The van der Waals surface area contributed by atoms with Gasteiger partial charge in [0.1, 0.15) is 0 Å². The summed E-state index contributed by atoms with van der Waals surface area (Å²) >= 11 is 0.835. The molecular formula is C20H23N5O6S. The molecule has 0 bridgehead atoms. The number of amides is 3. The first-order chi connectivity index (χ1) is 15.5. The molecule has 3 rings (SSSR count). The molecule has 1 N–H and O–H groups in total. The van der Waals surface area contributed by atoms with Crippen LogP contribution in [0.25, 0.3) is 6.08 Å². The van der Waals surface area contributed by atoms with Gasteiger partial charge in [-0.1, -0.05) is 5.21 Å². The van der Waals surface area contributed by atoms with E-state index in [1.54, 1.807) is 29.1 Å². The Morgan fingerprint density at radius 1 is 1.12 bits per heavy atom. The van der Waals surface area contributed by atoms with Crippen molar-refractivity contribution in [2.75, 3.05) is 34.4 Å². The van der Waals surface area contributed by atoms with Crippen molar-refractivity contribution >= 4 is 34.9 Å². The largest absolute Gasteiger partial charge is 0.493 e. The monoisotopic (exact) mass is 461 g/mol. The number of hydrogen-bond acceptors (Lipinski definition) is 9. The van der Waals surface area contributed by atoms with E-state index in [2.05, 4.69) is 15.6 Å². The second kappa shape index (κ2) is 10.7. The second-order valence-electron chi connectivity index (χ2n) is 6.56. The van der Waals surface area contributed by atoms with Gasteiger partial charge in [-0.3, -0.25) is 24.0 Å². The van der Waals surface area contributed by atoms with Gasteiger partial charge >= 0.3 is 0 Å². The van der Waals surface area contributed by atoms with E-state index in [4.69, 9.17) is 14.2 Å². The van der Waals surface area contributed by atoms with E-state index in [0.717, 1.165) is 16.7 Å². The molecule has 0 radical (unpaired) electrons. The number of imide groups is 1. The maximum Gasteiger partial charge on any atom is 0.293 e. The lowest BCUT2D eigenvalue weighted by molar-refractivity contribution is -0.124. The number of ether oxygens (including phenoxy) is 3. The van der Waals surface area contributed by atoms with Crippen molar-refractivity contribution in [1.29, 1.82) is 0 Å². The number of benzene rings is 1. The summed E-state index contributed by atoms with van der Waals surface area (Å²) in [5.74, 6) is 0.669. The van der Waals surface area contributed by atoms with Gasteiger partial charge in [0.15, 0.2) is 11.5 Å². The van der Waals surface area contributed by atoms with Gasteiger partial charge in [0.05, 0.1) is 39.0 Å². The van der Waals surface area contributed by atoms with Crippen LogP contribution in [0.15, 0.2) is 29.4 Å². The minimum atomic E-state index is -0.425. The number of rotatable bonds is 10. The van der Waals surface area contributed by atoms with E-state index in [1.807, 2.05) is 0 Å². The molecule has 170 valence electrons. The molecule has 1 aliphatic heterocycles. The number of aromatic nitrogens is 3. The molecule has 0 atom stereocenters. The van der Waals surface area contributed by atoms with Crippen LogP contribution in [0.5, 0.6) is 17.2 Å². The number of carbonyl (C=O) groups is 3. The molecule has 1 fully saturated rings. The Labute approximate surface area is 188 Å². The summed E-state index contributed by atoms with van der Waals surface area (Å²) in [4.78, 5) is 38.3. The lowest BCUT2D eigenvalue weighted by Gasteiger charge is -2.13. The van der Waals surface area contributed by atoms with Crippen molar-refractivity contribution in [3.05, 3.63) is 35.0 Å². The van der Waals surface area contributed by atoms with Gasteiger partial charge in [0, 0.05) is 25.7 Å². The molecular weight excluding hydrogens is 438 g/mol. The van der Waals surface area contributed by atoms with Crippen molar-refractivity contribution in [3.8, 4) is 17.2 Å². The quantitative estimate of drug-likeness (QED) is 0.525. The van der Waals surface area contributed by atoms with Crippen LogP contribution in [0.1, 0.15) is 12.0 Å². The van der Waals surface area contributed by atoms with Gasteiger partial charge < -0.3 is 19.5 Å². The van der Waals surface area contributed by atoms with Crippen molar-refractivity contribution < 1.29 is 28.6 Å². The molecule has 3 amide bonds. The van der Waals surface area contributed by atoms with E-state index in [9.17, 15) is 14.4 Å². The zero-order valence-corrected chi connectivity index (χ0v) is 18.7. The molecule has 2 aromatic rings. The highest BCUT2D eigenvalue weighted by Crippen LogP contribution is 2.40. The van der Waals surface area contributed by atoms with Gasteiger partial charge in [-0.05, 0) is 35.5 Å². The van der Waals surface area contributed by atoms with Crippen LogP contribution in [0, 0.1) is 0 Å². The highest BCUT2D eigenvalue weighted by atomic mass is 32.2. The van der Waals surface area contributed by atoms with E-state index < -0.39 is 11.1 Å². The number of carbonyl (C=O) groups excluding carboxylic acids is 3. The first-order valence-electron chi connectivity index (χ1n) is 9.63. The van der Waals surface area contributed by atoms with Crippen LogP contribution in [0.3, 0.4) is 0 Å². The van der Waals surface area contributed by atoms with Crippen LogP contribution >= 0.6 is 11.8 Å². The molecule has 0 saturated carbocycles. The fourth-order valence-electron chi connectivity index (χ4n) is 2.99. The van der Waals surface area contributed by atoms with E-state index in [-0.39, 0.29) is 30.3 Å². The maximum atomic E-state index is 12.7. The molecule has 1 aliphatic rings. The third kappa shape index (κ3) is 5.38. The van der Waals surface area contributed by atoms with E-state index in [0.29, 0.717) is 29.4 Å². The highest BCUT2D eigenvalue weighted by Gasteiger charge is 2.34. The Morgan fingerprint density at radius 3 is 2.44 bits per heavy atom. The number of nitrogens with one attached hydrogen (secondary N) is 1. The SMILES string of the molecule is COc1cc(/C=C2/SC(=O)N(CCNC(=O)CCn3ccnn3)C2=O)cc(OC)c1OC. The van der Waals surface area contributed by atoms with Crippen LogP contribution < -0.4 is 19.5 Å². The second-order valence-corrected chi connectivity index (χ2v) is 7.55. The van der Waals surface area contributed by atoms with E-state index >= 15 is 0 Å². The summed E-state index contributed by atoms with van der Waals surface area (Å²) in [6.07, 6.45) is 5.00. The summed E-state index contributed by atoms with van der Waals surface area (Å²) in [6, 6.07) is 3.37. The van der Waals surface area contributed by atoms with Gasteiger partial charge in [-0.2, -0.15) is 0 Å². The summed E-state index contributed by atoms with van der Waals surface area (Å²) in [5, 5.41) is 9.75. The Kier molecular flexibility index (Phi) is 7.71. The minimum Gasteiger partial charge on any atom is -0.493 e. The molecule has 1 aromatic carbocycles. The average molecular weight is 462 g/mol. The first-order valence-corrected chi connectivity index (χ1v) is 10.4. The molecule has 1 saturated heterocycles. The molecule has 11 nitrogen and oxygen atoms in total. The summed E-state index contributed by atoms with van der Waals surface area (Å²) in [7, 11) is 4.49.